The summed E-state index contributed by atoms with van der Waals surface area (Å²) in [5, 5.41) is 16.4. The summed E-state index contributed by atoms with van der Waals surface area (Å²) in [6.45, 7) is 2.69. The largest absolute Gasteiger partial charge is 0.393 e. The van der Waals surface area contributed by atoms with Crippen LogP contribution >= 0.6 is 0 Å². The second-order valence-electron chi connectivity index (χ2n) is 5.71. The minimum atomic E-state index is -0.207. The first-order valence-electron chi connectivity index (χ1n) is 7.05. The van der Waals surface area contributed by atoms with Crippen LogP contribution in [0.4, 0.5) is 11.8 Å². The summed E-state index contributed by atoms with van der Waals surface area (Å²) < 4.78 is 0. The van der Waals surface area contributed by atoms with Gasteiger partial charge >= 0.3 is 0 Å². The number of rotatable bonds is 4. The Bertz CT molecular complexity index is 634. The van der Waals surface area contributed by atoms with Gasteiger partial charge < -0.3 is 15.7 Å². The van der Waals surface area contributed by atoms with E-state index in [9.17, 15) is 5.11 Å². The van der Waals surface area contributed by atoms with Crippen LogP contribution in [0.1, 0.15) is 35.7 Å². The molecule has 2 heterocycles. The molecule has 2 aromatic heterocycles. The summed E-state index contributed by atoms with van der Waals surface area (Å²) in [7, 11) is 1.97. The number of nitrogens with two attached hydrogens (primary N) is 1. The molecule has 0 bridgehead atoms. The zero-order chi connectivity index (χ0) is 15.0. The van der Waals surface area contributed by atoms with Gasteiger partial charge in [-0.15, -0.1) is 0 Å². The van der Waals surface area contributed by atoms with Crippen LogP contribution in [0.25, 0.3) is 0 Å². The minimum Gasteiger partial charge on any atom is -0.393 e. The SMILES string of the molecule is Cc1[nH]ncc1CN(C)c1cc(C2CC(O)C2)nc(N)n1. The lowest BCUT2D eigenvalue weighted by atomic mass is 9.80. The number of nitrogen functional groups attached to an aromatic ring is 1. The molecular formula is C14H20N6O. The van der Waals surface area contributed by atoms with Crippen molar-refractivity contribution in [3.63, 3.8) is 0 Å². The van der Waals surface area contributed by atoms with E-state index < -0.39 is 0 Å². The van der Waals surface area contributed by atoms with Crippen LogP contribution in [-0.4, -0.2) is 38.4 Å². The molecule has 0 spiro atoms. The van der Waals surface area contributed by atoms with Gasteiger partial charge in [-0.3, -0.25) is 5.10 Å². The summed E-state index contributed by atoms with van der Waals surface area (Å²) in [6, 6.07) is 1.96. The van der Waals surface area contributed by atoms with Gasteiger partial charge in [-0.05, 0) is 19.8 Å². The molecule has 1 aliphatic carbocycles. The fourth-order valence-electron chi connectivity index (χ4n) is 2.58. The quantitative estimate of drug-likeness (QED) is 0.774. The summed E-state index contributed by atoms with van der Waals surface area (Å²) in [5.74, 6) is 1.35. The molecule has 0 aromatic carbocycles. The molecule has 3 rings (SSSR count). The smallest absolute Gasteiger partial charge is 0.222 e. The predicted molar refractivity (Wildman–Crippen MR) is 79.9 cm³/mol. The van der Waals surface area contributed by atoms with E-state index in [1.807, 2.05) is 31.1 Å². The van der Waals surface area contributed by atoms with E-state index in [-0.39, 0.29) is 18.0 Å². The Morgan fingerprint density at radius 1 is 1.43 bits per heavy atom. The van der Waals surface area contributed by atoms with Crippen molar-refractivity contribution in [2.45, 2.75) is 38.3 Å². The zero-order valence-corrected chi connectivity index (χ0v) is 12.2. The van der Waals surface area contributed by atoms with Gasteiger partial charge in [0, 0.05) is 36.8 Å². The number of aliphatic hydroxyl groups excluding tert-OH is 1. The van der Waals surface area contributed by atoms with Gasteiger partial charge in [0.05, 0.1) is 18.0 Å². The highest BCUT2D eigenvalue weighted by molar-refractivity contribution is 5.44. The number of anilines is 2. The molecule has 0 atom stereocenters. The predicted octanol–water partition coefficient (Wildman–Crippen LogP) is 0.965. The monoisotopic (exact) mass is 288 g/mol. The molecular weight excluding hydrogens is 268 g/mol. The molecule has 21 heavy (non-hydrogen) atoms. The van der Waals surface area contributed by atoms with Crippen molar-refractivity contribution in [2.24, 2.45) is 0 Å². The van der Waals surface area contributed by atoms with Crippen molar-refractivity contribution in [1.29, 1.82) is 0 Å². The molecule has 112 valence electrons. The van der Waals surface area contributed by atoms with Gasteiger partial charge in [0.15, 0.2) is 0 Å². The van der Waals surface area contributed by atoms with Crippen LogP contribution in [0.2, 0.25) is 0 Å². The van der Waals surface area contributed by atoms with E-state index >= 15 is 0 Å². The van der Waals surface area contributed by atoms with Crippen molar-refractivity contribution < 1.29 is 5.11 Å². The molecule has 0 amide bonds. The Morgan fingerprint density at radius 3 is 2.81 bits per heavy atom. The zero-order valence-electron chi connectivity index (χ0n) is 12.2. The molecule has 7 heteroatoms. The van der Waals surface area contributed by atoms with Gasteiger partial charge in [-0.1, -0.05) is 0 Å². The van der Waals surface area contributed by atoms with E-state index in [0.717, 1.165) is 35.6 Å². The second kappa shape index (κ2) is 5.33. The molecule has 1 aliphatic rings. The number of H-pyrrole nitrogens is 1. The summed E-state index contributed by atoms with van der Waals surface area (Å²) in [5.41, 5.74) is 8.91. The van der Waals surface area contributed by atoms with Crippen molar-refractivity contribution >= 4 is 11.8 Å². The van der Waals surface area contributed by atoms with Crippen LogP contribution in [0.15, 0.2) is 12.3 Å². The number of hydrogen-bond acceptors (Lipinski definition) is 6. The van der Waals surface area contributed by atoms with Crippen molar-refractivity contribution in [3.05, 3.63) is 29.2 Å². The lowest BCUT2D eigenvalue weighted by Crippen LogP contribution is -2.28. The van der Waals surface area contributed by atoms with Crippen LogP contribution in [0, 0.1) is 6.92 Å². The third kappa shape index (κ3) is 2.82. The maximum Gasteiger partial charge on any atom is 0.222 e. The highest BCUT2D eigenvalue weighted by Crippen LogP contribution is 2.36. The maximum atomic E-state index is 9.43. The molecule has 0 radical (unpaired) electrons. The average molecular weight is 288 g/mol. The van der Waals surface area contributed by atoms with Gasteiger partial charge in [-0.2, -0.15) is 10.1 Å². The van der Waals surface area contributed by atoms with Gasteiger partial charge in [0.2, 0.25) is 5.95 Å². The van der Waals surface area contributed by atoms with E-state index in [0.29, 0.717) is 6.54 Å². The van der Waals surface area contributed by atoms with E-state index in [4.69, 9.17) is 5.73 Å². The molecule has 0 saturated heterocycles. The fourth-order valence-corrected chi connectivity index (χ4v) is 2.58. The Kier molecular flexibility index (Phi) is 3.50. The number of nitrogens with zero attached hydrogens (tertiary/aromatic N) is 4. The maximum absolute atomic E-state index is 9.43. The van der Waals surface area contributed by atoms with Gasteiger partial charge in [-0.25, -0.2) is 4.98 Å². The number of aryl methyl sites for hydroxylation is 1. The number of aromatic amines is 1. The number of aliphatic hydroxyl groups is 1. The number of nitrogens with one attached hydrogen (secondary N) is 1. The lowest BCUT2D eigenvalue weighted by Gasteiger charge is -2.31. The highest BCUT2D eigenvalue weighted by Gasteiger charge is 2.30. The van der Waals surface area contributed by atoms with E-state index in [2.05, 4.69) is 20.2 Å². The van der Waals surface area contributed by atoms with Crippen LogP contribution in [-0.2, 0) is 6.54 Å². The standard InChI is InChI=1S/C14H20N6O/c1-8-10(6-16-19-8)7-20(2)13-5-12(17-14(15)18-13)9-3-11(21)4-9/h5-6,9,11,21H,3-4,7H2,1-2H3,(H,16,19)(H2,15,17,18). The number of hydrogen-bond donors (Lipinski definition) is 3. The Labute approximate surface area is 123 Å². The molecule has 7 nitrogen and oxygen atoms in total. The van der Waals surface area contributed by atoms with Crippen molar-refractivity contribution in [2.75, 3.05) is 17.7 Å². The molecule has 4 N–H and O–H groups in total. The van der Waals surface area contributed by atoms with E-state index in [1.165, 1.54) is 0 Å². The van der Waals surface area contributed by atoms with Crippen LogP contribution in [0.3, 0.4) is 0 Å². The average Bonchev–Trinajstić information content (AvgIpc) is 2.80. The Morgan fingerprint density at radius 2 is 2.19 bits per heavy atom. The molecule has 1 saturated carbocycles. The second-order valence-corrected chi connectivity index (χ2v) is 5.71. The van der Waals surface area contributed by atoms with E-state index in [1.54, 1.807) is 0 Å². The fraction of sp³-hybridized carbons (Fsp3) is 0.500. The Balaban J connectivity index is 1.79. The van der Waals surface area contributed by atoms with Crippen LogP contribution < -0.4 is 10.6 Å². The highest BCUT2D eigenvalue weighted by atomic mass is 16.3. The first kappa shape index (κ1) is 13.8. The van der Waals surface area contributed by atoms with Crippen molar-refractivity contribution in [1.82, 2.24) is 20.2 Å². The van der Waals surface area contributed by atoms with Crippen LogP contribution in [0.5, 0.6) is 0 Å². The minimum absolute atomic E-state index is 0.207. The summed E-state index contributed by atoms with van der Waals surface area (Å²) in [6.07, 6.45) is 3.11. The normalized spacial score (nSPS) is 21.1. The topological polar surface area (TPSA) is 104 Å². The molecule has 0 aliphatic heterocycles. The lowest BCUT2D eigenvalue weighted by molar-refractivity contribution is 0.0732. The first-order valence-corrected chi connectivity index (χ1v) is 7.05. The third-order valence-electron chi connectivity index (χ3n) is 4.01. The first-order chi connectivity index (χ1) is 10.0. The Hall–Kier alpha value is -2.15. The molecule has 0 unspecified atom stereocenters. The molecule has 2 aromatic rings. The molecule has 1 fully saturated rings. The summed E-state index contributed by atoms with van der Waals surface area (Å²) in [4.78, 5) is 10.6. The van der Waals surface area contributed by atoms with Gasteiger partial charge in [0.25, 0.3) is 0 Å². The third-order valence-corrected chi connectivity index (χ3v) is 4.01. The van der Waals surface area contributed by atoms with Crippen molar-refractivity contribution in [3.8, 4) is 0 Å². The van der Waals surface area contributed by atoms with Gasteiger partial charge in [0.1, 0.15) is 5.82 Å². The number of aromatic nitrogens is 4. The summed E-state index contributed by atoms with van der Waals surface area (Å²) >= 11 is 0.